The number of nitrogens with zero attached hydrogens (tertiary/aromatic N) is 2. The predicted molar refractivity (Wildman–Crippen MR) is 109 cm³/mol. The van der Waals surface area contributed by atoms with Crippen LogP contribution >= 0.6 is 23.1 Å². The summed E-state index contributed by atoms with van der Waals surface area (Å²) in [5.41, 5.74) is 6.69. The van der Waals surface area contributed by atoms with Crippen LogP contribution in [0.25, 0.3) is 0 Å². The fourth-order valence-corrected chi connectivity index (χ4v) is 4.08. The third-order valence-corrected chi connectivity index (χ3v) is 5.59. The van der Waals surface area contributed by atoms with E-state index in [9.17, 15) is 14.0 Å². The van der Waals surface area contributed by atoms with Gasteiger partial charge >= 0.3 is 0 Å². The predicted octanol–water partition coefficient (Wildman–Crippen LogP) is 3.64. The molecule has 0 saturated carbocycles. The number of aromatic nitrogens is 2. The molecule has 2 amide bonds. The molecule has 0 radical (unpaired) electrons. The topological polar surface area (TPSA) is 110 Å². The number of thioether (sulfide) groups is 1. The van der Waals surface area contributed by atoms with Crippen LogP contribution in [0.5, 0.6) is 0 Å². The first-order valence-electron chi connectivity index (χ1n) is 8.14. The molecule has 4 N–H and O–H groups in total. The van der Waals surface area contributed by atoms with Gasteiger partial charge in [-0.3, -0.25) is 9.59 Å². The highest BCUT2D eigenvalue weighted by atomic mass is 32.2. The summed E-state index contributed by atoms with van der Waals surface area (Å²) in [7, 11) is 0. The molecule has 0 saturated heterocycles. The molecule has 0 fully saturated rings. The third-order valence-electron chi connectivity index (χ3n) is 3.57. The van der Waals surface area contributed by atoms with Gasteiger partial charge in [0.25, 0.3) is 0 Å². The van der Waals surface area contributed by atoms with Gasteiger partial charge in [-0.1, -0.05) is 29.2 Å². The Hall–Kier alpha value is -2.98. The Labute approximate surface area is 168 Å². The van der Waals surface area contributed by atoms with Crippen LogP contribution in [-0.4, -0.2) is 27.3 Å². The fraction of sp³-hybridized carbons (Fsp3) is 0.111. The standard InChI is InChI=1S/C18H16FN5O2S2/c1-10(16(26)21-13-7-5-11(6-8-13)15(20)25)27-18-24-23-17(28-18)22-14-4-2-3-12(19)9-14/h2-10H,1H3,(H2,20,25)(H,21,26)(H,22,23)/t10-/m1/s1. The lowest BCUT2D eigenvalue weighted by molar-refractivity contribution is -0.115. The van der Waals surface area contributed by atoms with E-state index in [-0.39, 0.29) is 11.7 Å². The number of hydrogen-bond donors (Lipinski definition) is 3. The summed E-state index contributed by atoms with van der Waals surface area (Å²) < 4.78 is 13.8. The van der Waals surface area contributed by atoms with E-state index >= 15 is 0 Å². The summed E-state index contributed by atoms with van der Waals surface area (Å²) in [4.78, 5) is 23.4. The number of primary amides is 1. The molecular formula is C18H16FN5O2S2. The van der Waals surface area contributed by atoms with E-state index in [1.54, 1.807) is 43.3 Å². The average Bonchev–Trinajstić information content (AvgIpc) is 3.09. The lowest BCUT2D eigenvalue weighted by Gasteiger charge is -2.10. The van der Waals surface area contributed by atoms with Crippen LogP contribution in [0.1, 0.15) is 17.3 Å². The third kappa shape index (κ3) is 5.27. The Morgan fingerprint density at radius 3 is 2.57 bits per heavy atom. The average molecular weight is 417 g/mol. The number of anilines is 3. The van der Waals surface area contributed by atoms with Gasteiger partial charge in [-0.25, -0.2) is 4.39 Å². The van der Waals surface area contributed by atoms with Crippen molar-refractivity contribution in [2.24, 2.45) is 5.73 Å². The highest BCUT2D eigenvalue weighted by Gasteiger charge is 2.17. The Balaban J connectivity index is 1.56. The molecular weight excluding hydrogens is 401 g/mol. The lowest BCUT2D eigenvalue weighted by atomic mass is 10.2. The highest BCUT2D eigenvalue weighted by Crippen LogP contribution is 2.31. The number of carbonyl (C=O) groups is 2. The van der Waals surface area contributed by atoms with E-state index in [4.69, 9.17) is 5.73 Å². The minimum atomic E-state index is -0.527. The minimum absolute atomic E-state index is 0.216. The van der Waals surface area contributed by atoms with E-state index in [1.807, 2.05) is 0 Å². The smallest absolute Gasteiger partial charge is 0.248 e. The number of rotatable bonds is 7. The number of hydrogen-bond acceptors (Lipinski definition) is 7. The van der Waals surface area contributed by atoms with Gasteiger partial charge in [0.05, 0.1) is 5.25 Å². The molecule has 0 bridgehead atoms. The van der Waals surface area contributed by atoms with Crippen molar-refractivity contribution in [3.8, 4) is 0 Å². The van der Waals surface area contributed by atoms with Crippen LogP contribution in [0, 0.1) is 5.82 Å². The number of benzene rings is 2. The van der Waals surface area contributed by atoms with E-state index < -0.39 is 11.2 Å². The molecule has 1 aromatic heterocycles. The molecule has 0 aliphatic heterocycles. The summed E-state index contributed by atoms with van der Waals surface area (Å²) in [5.74, 6) is -1.09. The SMILES string of the molecule is C[C@@H](Sc1nnc(Nc2cccc(F)c2)s1)C(=O)Nc1ccc(C(N)=O)cc1. The second kappa shape index (κ2) is 8.81. The largest absolute Gasteiger partial charge is 0.366 e. The quantitative estimate of drug-likeness (QED) is 0.506. The number of amides is 2. The molecule has 3 aromatic rings. The van der Waals surface area contributed by atoms with Crippen molar-refractivity contribution in [2.75, 3.05) is 10.6 Å². The molecule has 28 heavy (non-hydrogen) atoms. The molecule has 3 rings (SSSR count). The normalized spacial score (nSPS) is 11.6. The molecule has 0 aliphatic carbocycles. The van der Waals surface area contributed by atoms with E-state index in [1.165, 1.54) is 35.2 Å². The Morgan fingerprint density at radius 2 is 1.89 bits per heavy atom. The van der Waals surface area contributed by atoms with Crippen LogP contribution in [0.2, 0.25) is 0 Å². The van der Waals surface area contributed by atoms with Gasteiger partial charge in [0.1, 0.15) is 5.82 Å². The first kappa shape index (κ1) is 19.8. The summed E-state index contributed by atoms with van der Waals surface area (Å²) >= 11 is 2.52. The molecule has 2 aromatic carbocycles. The molecule has 1 atom stereocenters. The molecule has 144 valence electrons. The molecule has 0 spiro atoms. The van der Waals surface area contributed by atoms with Gasteiger partial charge in [0, 0.05) is 16.9 Å². The van der Waals surface area contributed by atoms with Crippen molar-refractivity contribution in [3.63, 3.8) is 0 Å². The Bertz CT molecular complexity index is 994. The maximum Gasteiger partial charge on any atom is 0.248 e. The highest BCUT2D eigenvalue weighted by molar-refractivity contribution is 8.02. The van der Waals surface area contributed by atoms with Gasteiger partial charge in [-0.15, -0.1) is 10.2 Å². The first-order valence-corrected chi connectivity index (χ1v) is 9.84. The minimum Gasteiger partial charge on any atom is -0.366 e. The second-order valence-corrected chi connectivity index (χ2v) is 8.26. The zero-order valence-electron chi connectivity index (χ0n) is 14.7. The maximum atomic E-state index is 13.2. The van der Waals surface area contributed by atoms with Gasteiger partial charge in [-0.05, 0) is 49.4 Å². The maximum absolute atomic E-state index is 13.2. The number of halogens is 1. The van der Waals surface area contributed by atoms with Crippen LogP contribution in [0.15, 0.2) is 52.9 Å². The second-order valence-electron chi connectivity index (χ2n) is 5.70. The fourth-order valence-electron chi connectivity index (χ4n) is 2.16. The zero-order chi connectivity index (χ0) is 20.1. The molecule has 0 aliphatic rings. The van der Waals surface area contributed by atoms with Crippen molar-refractivity contribution < 1.29 is 14.0 Å². The zero-order valence-corrected chi connectivity index (χ0v) is 16.3. The Morgan fingerprint density at radius 1 is 1.14 bits per heavy atom. The van der Waals surface area contributed by atoms with Crippen molar-refractivity contribution in [2.45, 2.75) is 16.5 Å². The van der Waals surface area contributed by atoms with Crippen LogP contribution < -0.4 is 16.4 Å². The van der Waals surface area contributed by atoms with E-state index in [2.05, 4.69) is 20.8 Å². The van der Waals surface area contributed by atoms with Crippen LogP contribution in [0.4, 0.5) is 20.9 Å². The first-order chi connectivity index (χ1) is 13.4. The molecule has 0 unspecified atom stereocenters. The summed E-state index contributed by atoms with van der Waals surface area (Å²) in [6.45, 7) is 1.75. The monoisotopic (exact) mass is 417 g/mol. The van der Waals surface area contributed by atoms with Crippen molar-refractivity contribution >= 4 is 51.4 Å². The van der Waals surface area contributed by atoms with E-state index in [0.717, 1.165) is 0 Å². The Kier molecular flexibility index (Phi) is 6.22. The van der Waals surface area contributed by atoms with Gasteiger partial charge in [-0.2, -0.15) is 0 Å². The van der Waals surface area contributed by atoms with E-state index in [0.29, 0.717) is 26.4 Å². The molecule has 10 heteroatoms. The van der Waals surface area contributed by atoms with Gasteiger partial charge in [0.2, 0.25) is 16.9 Å². The van der Waals surface area contributed by atoms with Gasteiger partial charge in [0.15, 0.2) is 4.34 Å². The van der Waals surface area contributed by atoms with Crippen LogP contribution in [-0.2, 0) is 4.79 Å². The van der Waals surface area contributed by atoms with Gasteiger partial charge < -0.3 is 16.4 Å². The number of nitrogens with two attached hydrogens (primary N) is 1. The summed E-state index contributed by atoms with van der Waals surface area (Å²) in [5, 5.41) is 13.9. The lowest BCUT2D eigenvalue weighted by Crippen LogP contribution is -2.22. The number of carbonyl (C=O) groups excluding carboxylic acids is 2. The van der Waals surface area contributed by atoms with Crippen molar-refractivity contribution in [1.29, 1.82) is 0 Å². The molecule has 7 nitrogen and oxygen atoms in total. The summed E-state index contributed by atoms with van der Waals surface area (Å²) in [6, 6.07) is 12.3. The van der Waals surface area contributed by atoms with Crippen LogP contribution in [0.3, 0.4) is 0 Å². The molecule has 1 heterocycles. The number of nitrogens with one attached hydrogen (secondary N) is 2. The van der Waals surface area contributed by atoms with Crippen molar-refractivity contribution in [3.05, 3.63) is 59.9 Å². The summed E-state index contributed by atoms with van der Waals surface area (Å²) in [6.07, 6.45) is 0. The van der Waals surface area contributed by atoms with Crippen molar-refractivity contribution in [1.82, 2.24) is 10.2 Å².